The summed E-state index contributed by atoms with van der Waals surface area (Å²) < 4.78 is 15.2. The second kappa shape index (κ2) is 8.39. The molecule has 0 heterocycles. The maximum absolute atomic E-state index is 11.8. The van der Waals surface area contributed by atoms with Gasteiger partial charge in [0.25, 0.3) is 0 Å². The number of hydrogen-bond acceptors (Lipinski definition) is 6. The van der Waals surface area contributed by atoms with Crippen molar-refractivity contribution in [2.75, 3.05) is 27.9 Å². The predicted octanol–water partition coefficient (Wildman–Crippen LogP) is 2.22. The van der Waals surface area contributed by atoms with E-state index in [-0.39, 0.29) is 12.7 Å². The lowest BCUT2D eigenvalue weighted by molar-refractivity contribution is -0.244. The van der Waals surface area contributed by atoms with Crippen LogP contribution in [0.25, 0.3) is 0 Å². The number of methoxy groups -OCH3 is 3. The van der Waals surface area contributed by atoms with Crippen LogP contribution in [0.5, 0.6) is 11.5 Å². The highest BCUT2D eigenvalue weighted by molar-refractivity contribution is 5.90. The second-order valence-corrected chi connectivity index (χ2v) is 4.13. The van der Waals surface area contributed by atoms with Crippen LogP contribution in [-0.4, -0.2) is 40.0 Å². The molecule has 0 fully saturated rings. The van der Waals surface area contributed by atoms with Crippen LogP contribution in [0.4, 0.5) is 0 Å². The molecule has 0 saturated heterocycles. The highest BCUT2D eigenvalue weighted by Gasteiger charge is 2.12. The van der Waals surface area contributed by atoms with E-state index in [1.807, 2.05) is 6.92 Å². The Bertz CT molecular complexity index is 409. The van der Waals surface area contributed by atoms with Gasteiger partial charge in [-0.1, -0.05) is 0 Å². The summed E-state index contributed by atoms with van der Waals surface area (Å²) in [5, 5.41) is 0. The van der Waals surface area contributed by atoms with Crippen LogP contribution in [0.1, 0.15) is 23.7 Å². The maximum Gasteiger partial charge on any atom is 0.373 e. The molecule has 0 aliphatic carbocycles. The molecule has 0 bridgehead atoms. The molecular weight excluding hydrogens is 264 g/mol. The lowest BCUT2D eigenvalue weighted by Crippen LogP contribution is -2.12. The van der Waals surface area contributed by atoms with E-state index in [4.69, 9.17) is 24.0 Å². The van der Waals surface area contributed by atoms with Gasteiger partial charge in [0.15, 0.2) is 0 Å². The van der Waals surface area contributed by atoms with E-state index >= 15 is 0 Å². The summed E-state index contributed by atoms with van der Waals surface area (Å²) >= 11 is 0. The van der Waals surface area contributed by atoms with Gasteiger partial charge in [0.1, 0.15) is 11.5 Å². The lowest BCUT2D eigenvalue weighted by atomic mass is 10.2. The van der Waals surface area contributed by atoms with Crippen LogP contribution in [0.2, 0.25) is 0 Å². The minimum atomic E-state index is -0.604. The molecule has 6 heteroatoms. The van der Waals surface area contributed by atoms with Gasteiger partial charge in [-0.3, -0.25) is 4.89 Å². The van der Waals surface area contributed by atoms with Crippen molar-refractivity contribution < 1.29 is 28.8 Å². The third kappa shape index (κ3) is 5.07. The number of carbonyl (C=O) groups is 1. The summed E-state index contributed by atoms with van der Waals surface area (Å²) in [4.78, 5) is 21.4. The van der Waals surface area contributed by atoms with E-state index in [1.165, 1.54) is 14.2 Å². The Morgan fingerprint density at radius 2 is 1.70 bits per heavy atom. The lowest BCUT2D eigenvalue weighted by Gasteiger charge is -2.09. The summed E-state index contributed by atoms with van der Waals surface area (Å²) in [5.74, 6) is 0.404. The van der Waals surface area contributed by atoms with Crippen LogP contribution in [0.15, 0.2) is 18.2 Å². The summed E-state index contributed by atoms with van der Waals surface area (Å²) in [6.07, 6.45) is 0.677. The molecule has 0 aromatic heterocycles. The van der Waals surface area contributed by atoms with Gasteiger partial charge < -0.3 is 14.2 Å². The van der Waals surface area contributed by atoms with E-state index in [2.05, 4.69) is 0 Å². The highest BCUT2D eigenvalue weighted by Crippen LogP contribution is 2.23. The fraction of sp³-hybridized carbons (Fsp3) is 0.500. The number of ether oxygens (including phenoxy) is 3. The molecule has 1 unspecified atom stereocenters. The van der Waals surface area contributed by atoms with Gasteiger partial charge in [0, 0.05) is 19.6 Å². The Morgan fingerprint density at radius 1 is 1.10 bits per heavy atom. The van der Waals surface area contributed by atoms with Crippen LogP contribution in [0, 0.1) is 0 Å². The topological polar surface area (TPSA) is 63.2 Å². The number of hydrogen-bond donors (Lipinski definition) is 0. The largest absolute Gasteiger partial charge is 0.497 e. The van der Waals surface area contributed by atoms with Gasteiger partial charge in [0.2, 0.25) is 0 Å². The van der Waals surface area contributed by atoms with E-state index in [9.17, 15) is 4.79 Å². The molecule has 0 saturated carbocycles. The first-order chi connectivity index (χ1) is 9.60. The summed E-state index contributed by atoms with van der Waals surface area (Å²) in [7, 11) is 4.62. The molecule has 1 atom stereocenters. The Kier molecular flexibility index (Phi) is 6.83. The van der Waals surface area contributed by atoms with Crippen molar-refractivity contribution in [3.63, 3.8) is 0 Å². The van der Waals surface area contributed by atoms with Crippen LogP contribution >= 0.6 is 0 Å². The highest BCUT2D eigenvalue weighted by atomic mass is 17.2. The average molecular weight is 284 g/mol. The quantitative estimate of drug-likeness (QED) is 0.414. The molecular formula is C14H20O6. The first-order valence-electron chi connectivity index (χ1n) is 6.20. The Hall–Kier alpha value is -1.79. The van der Waals surface area contributed by atoms with Gasteiger partial charge in [-0.05, 0) is 19.1 Å². The smallest absolute Gasteiger partial charge is 0.373 e. The SMILES string of the molecule is COc1cc(OC)cc(C(=O)OOCCC(C)OC)c1. The Balaban J connectivity index is 2.54. The van der Waals surface area contributed by atoms with E-state index < -0.39 is 5.97 Å². The maximum atomic E-state index is 11.8. The minimum absolute atomic E-state index is 0.0469. The van der Waals surface area contributed by atoms with Crippen molar-refractivity contribution in [2.45, 2.75) is 19.4 Å². The number of carbonyl (C=O) groups excluding carboxylic acids is 1. The predicted molar refractivity (Wildman–Crippen MR) is 72.0 cm³/mol. The molecule has 1 aromatic carbocycles. The third-order valence-electron chi connectivity index (χ3n) is 2.73. The van der Waals surface area contributed by atoms with Crippen molar-refractivity contribution >= 4 is 5.97 Å². The van der Waals surface area contributed by atoms with Crippen LogP contribution in [-0.2, 0) is 14.5 Å². The summed E-state index contributed by atoms with van der Waals surface area (Å²) in [6, 6.07) is 4.76. The minimum Gasteiger partial charge on any atom is -0.497 e. The molecule has 6 nitrogen and oxygen atoms in total. The normalized spacial score (nSPS) is 11.8. The zero-order valence-electron chi connectivity index (χ0n) is 12.2. The first-order valence-corrected chi connectivity index (χ1v) is 6.20. The molecule has 0 N–H and O–H groups in total. The molecule has 112 valence electrons. The van der Waals surface area contributed by atoms with Crippen LogP contribution in [0.3, 0.4) is 0 Å². The summed E-state index contributed by atoms with van der Waals surface area (Å²) in [6.45, 7) is 2.17. The molecule has 20 heavy (non-hydrogen) atoms. The van der Waals surface area contributed by atoms with E-state index in [1.54, 1.807) is 25.3 Å². The first kappa shape index (κ1) is 16.3. The van der Waals surface area contributed by atoms with Gasteiger partial charge in [0.05, 0.1) is 32.5 Å². The second-order valence-electron chi connectivity index (χ2n) is 4.13. The van der Waals surface area contributed by atoms with Gasteiger partial charge in [-0.2, -0.15) is 4.89 Å². The van der Waals surface area contributed by atoms with Crippen LogP contribution < -0.4 is 9.47 Å². The summed E-state index contributed by atoms with van der Waals surface area (Å²) in [5.41, 5.74) is 0.293. The van der Waals surface area contributed by atoms with Crippen molar-refractivity contribution in [1.29, 1.82) is 0 Å². The molecule has 0 amide bonds. The average Bonchev–Trinajstić information content (AvgIpc) is 2.50. The number of benzene rings is 1. The molecule has 0 radical (unpaired) electrons. The Morgan fingerprint density at radius 3 is 2.20 bits per heavy atom. The Labute approximate surface area is 118 Å². The van der Waals surface area contributed by atoms with Crippen molar-refractivity contribution in [3.8, 4) is 11.5 Å². The van der Waals surface area contributed by atoms with Crippen molar-refractivity contribution in [3.05, 3.63) is 23.8 Å². The molecule has 1 rings (SSSR count). The fourth-order valence-electron chi connectivity index (χ4n) is 1.40. The molecule has 1 aromatic rings. The third-order valence-corrected chi connectivity index (χ3v) is 2.73. The molecule has 0 spiro atoms. The molecule has 0 aliphatic rings. The molecule has 0 aliphatic heterocycles. The van der Waals surface area contributed by atoms with Crippen molar-refractivity contribution in [2.24, 2.45) is 0 Å². The van der Waals surface area contributed by atoms with Gasteiger partial charge in [-0.25, -0.2) is 4.79 Å². The van der Waals surface area contributed by atoms with Gasteiger partial charge >= 0.3 is 5.97 Å². The zero-order valence-corrected chi connectivity index (χ0v) is 12.2. The monoisotopic (exact) mass is 284 g/mol. The fourth-order valence-corrected chi connectivity index (χ4v) is 1.40. The standard InChI is InChI=1S/C14H20O6/c1-10(16-2)5-6-19-20-14(15)11-7-12(17-3)9-13(8-11)18-4/h7-10H,5-6H2,1-4H3. The van der Waals surface area contributed by atoms with Gasteiger partial charge in [-0.15, -0.1) is 0 Å². The van der Waals surface area contributed by atoms with Crippen molar-refractivity contribution in [1.82, 2.24) is 0 Å². The number of rotatable bonds is 8. The van der Waals surface area contributed by atoms with E-state index in [0.717, 1.165) is 0 Å². The zero-order chi connectivity index (χ0) is 15.0. The van der Waals surface area contributed by atoms with E-state index in [0.29, 0.717) is 23.5 Å².